The van der Waals surface area contributed by atoms with Gasteiger partial charge in [-0.25, -0.2) is 4.79 Å². The summed E-state index contributed by atoms with van der Waals surface area (Å²) in [6.07, 6.45) is 7.36. The Bertz CT molecular complexity index is 1520. The number of carbonyl (C=O) groups is 3. The van der Waals surface area contributed by atoms with Crippen LogP contribution in [0.4, 0.5) is 0 Å². The number of hydrogen-bond donors (Lipinski definition) is 1. The quantitative estimate of drug-likeness (QED) is 0.207. The van der Waals surface area contributed by atoms with Crippen molar-refractivity contribution in [1.29, 1.82) is 0 Å². The molecular formula is C31H33NO9. The number of carbonyl (C=O) groups excluding carboxylic acids is 3. The first-order valence-electron chi connectivity index (χ1n) is 13.1. The van der Waals surface area contributed by atoms with Crippen molar-refractivity contribution in [2.24, 2.45) is 0 Å². The number of hydrogen-bond acceptors (Lipinski definition) is 9. The second-order valence-corrected chi connectivity index (χ2v) is 9.30. The lowest BCUT2D eigenvalue weighted by atomic mass is 9.92. The largest absolute Gasteiger partial charge is 0.493 e. The van der Waals surface area contributed by atoms with Gasteiger partial charge in [0.25, 0.3) is 5.91 Å². The highest BCUT2D eigenvalue weighted by molar-refractivity contribution is 5.92. The summed E-state index contributed by atoms with van der Waals surface area (Å²) >= 11 is 0. The van der Waals surface area contributed by atoms with Crippen molar-refractivity contribution in [3.05, 3.63) is 65.5 Å². The van der Waals surface area contributed by atoms with Gasteiger partial charge in [-0.05, 0) is 60.7 Å². The van der Waals surface area contributed by atoms with Gasteiger partial charge in [-0.15, -0.1) is 0 Å². The van der Waals surface area contributed by atoms with E-state index in [2.05, 4.69) is 5.32 Å². The fourth-order valence-electron chi connectivity index (χ4n) is 4.88. The molecule has 41 heavy (non-hydrogen) atoms. The van der Waals surface area contributed by atoms with E-state index in [1.54, 1.807) is 39.6 Å². The van der Waals surface area contributed by atoms with Crippen LogP contribution in [0.1, 0.15) is 43.2 Å². The number of furan rings is 1. The van der Waals surface area contributed by atoms with Crippen LogP contribution in [0, 0.1) is 0 Å². The minimum Gasteiger partial charge on any atom is -0.493 e. The molecule has 0 spiro atoms. The number of fused-ring (bicyclic) bond motifs is 4. The zero-order valence-electron chi connectivity index (χ0n) is 23.7. The summed E-state index contributed by atoms with van der Waals surface area (Å²) in [4.78, 5) is 36.2. The van der Waals surface area contributed by atoms with Gasteiger partial charge in [-0.1, -0.05) is 18.2 Å². The second kappa shape index (κ2) is 13.1. The van der Waals surface area contributed by atoms with Crippen molar-refractivity contribution in [3.8, 4) is 28.4 Å². The van der Waals surface area contributed by atoms with E-state index in [9.17, 15) is 14.4 Å². The van der Waals surface area contributed by atoms with E-state index in [-0.39, 0.29) is 6.61 Å². The SMILES string of the molecule is C/C=C/C=C/C(=O)OCC(=O)N[C@H]1CCc2cc(OC)c(OC)c(OC)c2-c2cc3cc(COC(C)=O)oc3cc21. The van der Waals surface area contributed by atoms with E-state index in [0.29, 0.717) is 41.4 Å². The molecule has 10 heteroatoms. The first kappa shape index (κ1) is 29.3. The molecule has 216 valence electrons. The molecule has 0 bridgehead atoms. The molecule has 0 fully saturated rings. The average molecular weight is 564 g/mol. The van der Waals surface area contributed by atoms with Crippen LogP contribution in [0.2, 0.25) is 0 Å². The van der Waals surface area contributed by atoms with Crippen molar-refractivity contribution in [2.75, 3.05) is 27.9 Å². The Labute approximate surface area is 237 Å². The first-order chi connectivity index (χ1) is 19.8. The highest BCUT2D eigenvalue weighted by Crippen LogP contribution is 2.51. The van der Waals surface area contributed by atoms with Gasteiger partial charge >= 0.3 is 11.9 Å². The Kier molecular flexibility index (Phi) is 9.34. The minimum atomic E-state index is -0.617. The van der Waals surface area contributed by atoms with Gasteiger partial charge in [0.1, 0.15) is 18.0 Å². The first-order valence-corrected chi connectivity index (χ1v) is 13.1. The molecule has 1 amide bonds. The number of ether oxygens (including phenoxy) is 5. The molecule has 0 saturated heterocycles. The molecule has 0 radical (unpaired) electrons. The second-order valence-electron chi connectivity index (χ2n) is 9.30. The zero-order valence-corrected chi connectivity index (χ0v) is 23.7. The average Bonchev–Trinajstić information content (AvgIpc) is 3.31. The Morgan fingerprint density at radius 2 is 1.78 bits per heavy atom. The zero-order chi connectivity index (χ0) is 29.5. The summed E-state index contributed by atoms with van der Waals surface area (Å²) < 4.78 is 33.3. The number of amides is 1. The van der Waals surface area contributed by atoms with Crippen LogP contribution in [-0.2, 0) is 36.9 Å². The molecule has 1 aliphatic rings. The molecule has 2 aromatic carbocycles. The Morgan fingerprint density at radius 3 is 2.46 bits per heavy atom. The van der Waals surface area contributed by atoms with E-state index in [4.69, 9.17) is 28.1 Å². The third-order valence-electron chi connectivity index (χ3n) is 6.63. The molecule has 1 aliphatic carbocycles. The lowest BCUT2D eigenvalue weighted by Crippen LogP contribution is -2.32. The molecule has 4 rings (SSSR count). The van der Waals surface area contributed by atoms with Crippen molar-refractivity contribution in [3.63, 3.8) is 0 Å². The topological polar surface area (TPSA) is 123 Å². The molecule has 0 aliphatic heterocycles. The van der Waals surface area contributed by atoms with Crippen molar-refractivity contribution >= 4 is 28.8 Å². The summed E-state index contributed by atoms with van der Waals surface area (Å²) in [6.45, 7) is 2.72. The third-order valence-corrected chi connectivity index (χ3v) is 6.63. The maximum atomic E-state index is 12.9. The number of allylic oxidation sites excluding steroid dienone is 3. The molecule has 1 atom stereocenters. The normalized spacial score (nSPS) is 14.3. The van der Waals surface area contributed by atoms with Crippen molar-refractivity contribution in [2.45, 2.75) is 39.3 Å². The van der Waals surface area contributed by atoms with E-state index in [1.807, 2.05) is 31.2 Å². The van der Waals surface area contributed by atoms with E-state index in [0.717, 1.165) is 27.6 Å². The molecule has 10 nitrogen and oxygen atoms in total. The van der Waals surface area contributed by atoms with Gasteiger partial charge in [0.2, 0.25) is 5.75 Å². The molecule has 3 aromatic rings. The predicted molar refractivity (Wildman–Crippen MR) is 151 cm³/mol. The van der Waals surface area contributed by atoms with Crippen LogP contribution < -0.4 is 19.5 Å². The fraction of sp³-hybridized carbons (Fsp3) is 0.323. The summed E-state index contributed by atoms with van der Waals surface area (Å²) in [6, 6.07) is 7.09. The highest BCUT2D eigenvalue weighted by atomic mass is 16.5. The van der Waals surface area contributed by atoms with E-state index < -0.39 is 30.5 Å². The molecule has 1 N–H and O–H groups in total. The molecule has 0 unspecified atom stereocenters. The van der Waals surface area contributed by atoms with Gasteiger partial charge in [-0.3, -0.25) is 9.59 Å². The van der Waals surface area contributed by atoms with Crippen molar-refractivity contribution in [1.82, 2.24) is 5.32 Å². The predicted octanol–water partition coefficient (Wildman–Crippen LogP) is 4.97. The Morgan fingerprint density at radius 1 is 1.00 bits per heavy atom. The number of nitrogens with one attached hydrogen (secondary N) is 1. The van der Waals surface area contributed by atoms with E-state index >= 15 is 0 Å². The molecule has 1 heterocycles. The number of benzene rings is 2. The Balaban J connectivity index is 1.77. The third kappa shape index (κ3) is 6.54. The summed E-state index contributed by atoms with van der Waals surface area (Å²) in [5.74, 6) is 0.473. The lowest BCUT2D eigenvalue weighted by molar-refractivity contribution is -0.144. The number of rotatable bonds is 10. The van der Waals surface area contributed by atoms with Crippen LogP contribution in [-0.4, -0.2) is 45.8 Å². The number of aryl methyl sites for hydroxylation is 1. The maximum absolute atomic E-state index is 12.9. The van der Waals surface area contributed by atoms with Crippen LogP contribution in [0.3, 0.4) is 0 Å². The van der Waals surface area contributed by atoms with Crippen molar-refractivity contribution < 1.29 is 42.5 Å². The van der Waals surface area contributed by atoms with Crippen LogP contribution in [0.5, 0.6) is 17.2 Å². The smallest absolute Gasteiger partial charge is 0.331 e. The number of esters is 2. The highest BCUT2D eigenvalue weighted by Gasteiger charge is 2.30. The number of methoxy groups -OCH3 is 3. The monoisotopic (exact) mass is 563 g/mol. The van der Waals surface area contributed by atoms with Gasteiger partial charge in [0, 0.05) is 23.9 Å². The van der Waals surface area contributed by atoms with Gasteiger partial charge in [0.15, 0.2) is 18.1 Å². The molecule has 0 saturated carbocycles. The Hall–Kier alpha value is -4.73. The summed E-state index contributed by atoms with van der Waals surface area (Å²) in [5.41, 5.74) is 3.90. The van der Waals surface area contributed by atoms with Crippen LogP contribution in [0.25, 0.3) is 22.1 Å². The van der Waals surface area contributed by atoms with Gasteiger partial charge in [-0.2, -0.15) is 0 Å². The van der Waals surface area contributed by atoms with Gasteiger partial charge < -0.3 is 33.4 Å². The lowest BCUT2D eigenvalue weighted by Gasteiger charge is -2.21. The van der Waals surface area contributed by atoms with Crippen LogP contribution in [0.15, 0.2) is 53.0 Å². The van der Waals surface area contributed by atoms with E-state index in [1.165, 1.54) is 13.0 Å². The standard InChI is InChI=1S/C31H33NO9/c1-6-7-8-9-28(35)40-17-27(34)32-24-11-10-19-14-26(36-3)30(37-4)31(38-5)29(19)23-13-20-12-21(16-39-18(2)33)41-25(20)15-22(23)24/h6-9,12-15,24H,10-11,16-17H2,1-5H3,(H,32,34)/b7-6+,9-8+/t24-/m0/s1. The minimum absolute atomic E-state index is 0.00631. The molecule has 1 aromatic heterocycles. The fourth-order valence-corrected chi connectivity index (χ4v) is 4.88. The van der Waals surface area contributed by atoms with Crippen LogP contribution >= 0.6 is 0 Å². The summed E-state index contributed by atoms with van der Waals surface area (Å²) in [7, 11) is 4.67. The molecular weight excluding hydrogens is 530 g/mol. The maximum Gasteiger partial charge on any atom is 0.331 e. The van der Waals surface area contributed by atoms with Gasteiger partial charge in [0.05, 0.1) is 27.4 Å². The summed E-state index contributed by atoms with van der Waals surface area (Å²) in [5, 5.41) is 3.79.